The highest BCUT2D eigenvalue weighted by Crippen LogP contribution is 2.29. The van der Waals surface area contributed by atoms with E-state index in [-0.39, 0.29) is 18.2 Å². The molecule has 0 radical (unpaired) electrons. The van der Waals surface area contributed by atoms with E-state index in [1.807, 2.05) is 12.1 Å². The van der Waals surface area contributed by atoms with Crippen molar-refractivity contribution in [1.82, 2.24) is 15.5 Å². The Morgan fingerprint density at radius 3 is 2.70 bits per heavy atom. The van der Waals surface area contributed by atoms with Gasteiger partial charge in [0.15, 0.2) is 0 Å². The summed E-state index contributed by atoms with van der Waals surface area (Å²) < 4.78 is 10.9. The van der Waals surface area contributed by atoms with Gasteiger partial charge in [-0.15, -0.1) is 0 Å². The summed E-state index contributed by atoms with van der Waals surface area (Å²) >= 11 is 0. The third kappa shape index (κ3) is 5.63. The van der Waals surface area contributed by atoms with Crippen molar-refractivity contribution in [1.29, 1.82) is 0 Å². The lowest BCUT2D eigenvalue weighted by Gasteiger charge is -2.29. The Balaban J connectivity index is 1.45. The zero-order chi connectivity index (χ0) is 21.3. The summed E-state index contributed by atoms with van der Waals surface area (Å²) in [5.74, 6) is -0.829. The number of carbonyl (C=O) groups is 3. The first kappa shape index (κ1) is 22.4. The van der Waals surface area contributed by atoms with Crippen molar-refractivity contribution in [2.45, 2.75) is 38.4 Å². The number of hydrogen-bond donors (Lipinski definition) is 3. The average Bonchev–Trinajstić information content (AvgIpc) is 3.07. The maximum absolute atomic E-state index is 12.8. The van der Waals surface area contributed by atoms with Crippen LogP contribution >= 0.6 is 0 Å². The summed E-state index contributed by atoms with van der Waals surface area (Å²) in [6.45, 7) is 4.63. The van der Waals surface area contributed by atoms with Gasteiger partial charge in [-0.3, -0.25) is 19.7 Å². The molecule has 1 fully saturated rings. The third-order valence-electron chi connectivity index (χ3n) is 5.28. The molecule has 0 saturated carbocycles. The number of amides is 3. The van der Waals surface area contributed by atoms with E-state index >= 15 is 0 Å². The largest absolute Gasteiger partial charge is 0.379 e. The highest BCUT2D eigenvalue weighted by molar-refractivity contribution is 6.05. The van der Waals surface area contributed by atoms with Gasteiger partial charge in [0.2, 0.25) is 11.8 Å². The van der Waals surface area contributed by atoms with Crippen LogP contribution in [0.15, 0.2) is 18.2 Å². The first-order valence-corrected chi connectivity index (χ1v) is 10.4. The molecular weight excluding hydrogens is 388 g/mol. The molecule has 0 aliphatic carbocycles. The molecule has 1 saturated heterocycles. The van der Waals surface area contributed by atoms with E-state index in [1.54, 1.807) is 11.0 Å². The molecule has 30 heavy (non-hydrogen) atoms. The molecule has 2 aliphatic rings. The molecule has 1 atom stereocenters. The molecule has 4 N–H and O–H groups in total. The number of nitrogens with one attached hydrogen (secondary N) is 2. The van der Waals surface area contributed by atoms with Gasteiger partial charge in [0.05, 0.1) is 19.8 Å². The summed E-state index contributed by atoms with van der Waals surface area (Å²) in [4.78, 5) is 38.0. The van der Waals surface area contributed by atoms with Crippen LogP contribution in [0.5, 0.6) is 0 Å². The van der Waals surface area contributed by atoms with Crippen LogP contribution in [0.4, 0.5) is 0 Å². The van der Waals surface area contributed by atoms with E-state index in [4.69, 9.17) is 15.2 Å². The maximum Gasteiger partial charge on any atom is 0.255 e. The van der Waals surface area contributed by atoms with Crippen molar-refractivity contribution >= 4 is 17.7 Å². The zero-order valence-corrected chi connectivity index (χ0v) is 17.2. The number of hydrogen-bond acceptors (Lipinski definition) is 7. The van der Waals surface area contributed by atoms with Gasteiger partial charge in [-0.25, -0.2) is 0 Å². The lowest BCUT2D eigenvalue weighted by molar-refractivity contribution is -0.136. The van der Waals surface area contributed by atoms with Crippen molar-refractivity contribution in [3.05, 3.63) is 34.9 Å². The number of benzene rings is 1. The van der Waals surface area contributed by atoms with Crippen molar-refractivity contribution in [2.24, 2.45) is 5.73 Å². The van der Waals surface area contributed by atoms with Gasteiger partial charge in [0.25, 0.3) is 5.91 Å². The lowest BCUT2D eigenvalue weighted by Crippen LogP contribution is -2.52. The van der Waals surface area contributed by atoms with Crippen LogP contribution < -0.4 is 16.4 Å². The lowest BCUT2D eigenvalue weighted by atomic mass is 10.0. The topological polar surface area (TPSA) is 123 Å². The fourth-order valence-corrected chi connectivity index (χ4v) is 3.69. The first-order valence-electron chi connectivity index (χ1n) is 10.4. The maximum atomic E-state index is 12.8. The zero-order valence-electron chi connectivity index (χ0n) is 17.2. The number of piperidine rings is 1. The van der Waals surface area contributed by atoms with Gasteiger partial charge in [0.1, 0.15) is 6.04 Å². The van der Waals surface area contributed by atoms with Crippen molar-refractivity contribution in [3.8, 4) is 0 Å². The van der Waals surface area contributed by atoms with Crippen molar-refractivity contribution in [2.75, 3.05) is 39.5 Å². The number of carbonyl (C=O) groups excluding carboxylic acids is 3. The van der Waals surface area contributed by atoms with Crippen LogP contribution in [0.3, 0.4) is 0 Å². The molecule has 0 bridgehead atoms. The predicted molar refractivity (Wildman–Crippen MR) is 110 cm³/mol. The SMILES string of the molecule is NCCCOCCOCCNCc1cccc2c1CN(C1CCC(=O)NC1=O)C2=O. The standard InChI is InChI=1S/C21H30N4O5/c22-7-2-9-29-11-12-30-10-8-23-13-15-3-1-4-16-17(15)14-25(21(16)28)18-5-6-19(26)24-20(18)27/h1,3-4,18,23H,2,5-14,22H2,(H,24,26,27). The second-order valence-electron chi connectivity index (χ2n) is 7.39. The average molecular weight is 418 g/mol. The molecule has 9 heteroatoms. The normalized spacial score (nSPS) is 18.6. The molecule has 164 valence electrons. The molecule has 0 aromatic heterocycles. The molecule has 9 nitrogen and oxygen atoms in total. The monoisotopic (exact) mass is 418 g/mol. The molecule has 1 unspecified atom stereocenters. The second kappa shape index (κ2) is 11.2. The van der Waals surface area contributed by atoms with E-state index in [0.29, 0.717) is 64.6 Å². The molecule has 3 rings (SSSR count). The molecule has 0 spiro atoms. The van der Waals surface area contributed by atoms with E-state index in [0.717, 1.165) is 17.5 Å². The highest BCUT2D eigenvalue weighted by atomic mass is 16.5. The van der Waals surface area contributed by atoms with Crippen molar-refractivity contribution in [3.63, 3.8) is 0 Å². The van der Waals surface area contributed by atoms with E-state index < -0.39 is 11.9 Å². The Morgan fingerprint density at radius 2 is 1.93 bits per heavy atom. The van der Waals surface area contributed by atoms with E-state index in [1.165, 1.54) is 0 Å². The second-order valence-corrected chi connectivity index (χ2v) is 7.39. The van der Waals surface area contributed by atoms with Gasteiger partial charge in [-0.2, -0.15) is 0 Å². The first-order chi connectivity index (χ1) is 14.6. The van der Waals surface area contributed by atoms with E-state index in [2.05, 4.69) is 10.6 Å². The molecule has 1 aromatic rings. The van der Waals surface area contributed by atoms with Crippen LogP contribution in [-0.2, 0) is 32.2 Å². The van der Waals surface area contributed by atoms with Gasteiger partial charge in [-0.05, 0) is 36.6 Å². The van der Waals surface area contributed by atoms with E-state index in [9.17, 15) is 14.4 Å². The van der Waals surface area contributed by atoms with Crippen LogP contribution in [0.25, 0.3) is 0 Å². The summed E-state index contributed by atoms with van der Waals surface area (Å²) in [7, 11) is 0. The minimum atomic E-state index is -0.594. The molecule has 2 aliphatic heterocycles. The number of fused-ring (bicyclic) bond motifs is 1. The Morgan fingerprint density at radius 1 is 1.13 bits per heavy atom. The number of rotatable bonds is 12. The Hall–Kier alpha value is -2.33. The molecule has 3 amide bonds. The van der Waals surface area contributed by atoms with Gasteiger partial charge >= 0.3 is 0 Å². The third-order valence-corrected chi connectivity index (χ3v) is 5.28. The fraction of sp³-hybridized carbons (Fsp3) is 0.571. The minimum absolute atomic E-state index is 0.153. The Labute approximate surface area is 176 Å². The van der Waals surface area contributed by atoms with Crippen molar-refractivity contribution < 1.29 is 23.9 Å². The van der Waals surface area contributed by atoms with Gasteiger partial charge in [0, 0.05) is 38.2 Å². The van der Waals surface area contributed by atoms with Crippen LogP contribution in [-0.4, -0.2) is 68.2 Å². The summed E-state index contributed by atoms with van der Waals surface area (Å²) in [6.07, 6.45) is 1.47. The quantitative estimate of drug-likeness (QED) is 0.320. The van der Waals surface area contributed by atoms with Gasteiger partial charge < -0.3 is 25.4 Å². The molecule has 1 aromatic carbocycles. The Kier molecular flexibility index (Phi) is 8.32. The number of nitrogens with zero attached hydrogens (tertiary/aromatic N) is 1. The minimum Gasteiger partial charge on any atom is -0.379 e. The number of imide groups is 1. The smallest absolute Gasteiger partial charge is 0.255 e. The van der Waals surface area contributed by atoms with Crippen LogP contribution in [0, 0.1) is 0 Å². The molecular formula is C21H30N4O5. The van der Waals surface area contributed by atoms with Crippen LogP contribution in [0.1, 0.15) is 40.7 Å². The molecule has 2 heterocycles. The Bertz CT molecular complexity index is 770. The predicted octanol–water partition coefficient (Wildman–Crippen LogP) is -0.0808. The summed E-state index contributed by atoms with van der Waals surface area (Å²) in [5, 5.41) is 5.66. The summed E-state index contributed by atoms with van der Waals surface area (Å²) in [5.41, 5.74) is 8.00. The summed E-state index contributed by atoms with van der Waals surface area (Å²) in [6, 6.07) is 5.04. The van der Waals surface area contributed by atoms with Gasteiger partial charge in [-0.1, -0.05) is 12.1 Å². The number of ether oxygens (including phenoxy) is 2. The number of nitrogens with two attached hydrogens (primary N) is 1. The van der Waals surface area contributed by atoms with Crippen LogP contribution in [0.2, 0.25) is 0 Å². The highest BCUT2D eigenvalue weighted by Gasteiger charge is 2.39. The fourth-order valence-electron chi connectivity index (χ4n) is 3.69.